The van der Waals surface area contributed by atoms with Crippen LogP contribution in [0, 0.1) is 0 Å². The minimum atomic E-state index is -0.477. The van der Waals surface area contributed by atoms with Crippen LogP contribution in [0.2, 0.25) is 10.0 Å². The molecule has 3 aromatic carbocycles. The van der Waals surface area contributed by atoms with E-state index in [4.69, 9.17) is 32.7 Å². The molecule has 3 aromatic rings. The van der Waals surface area contributed by atoms with Gasteiger partial charge in [-0.05, 0) is 81.8 Å². The molecule has 4 rings (SSSR count). The summed E-state index contributed by atoms with van der Waals surface area (Å²) in [5, 5.41) is 3.94. The van der Waals surface area contributed by atoms with Crippen LogP contribution in [-0.2, 0) is 11.4 Å². The summed E-state index contributed by atoms with van der Waals surface area (Å²) in [6.45, 7) is 0.259. The number of halogens is 3. The Hall–Kier alpha value is -2.78. The zero-order chi connectivity index (χ0) is 24.9. The molecule has 1 aliphatic rings. The second-order valence-electron chi connectivity index (χ2n) is 7.21. The summed E-state index contributed by atoms with van der Waals surface area (Å²) in [5.74, 6) is 0.157. The minimum Gasteiger partial charge on any atom is -0.493 e. The number of rotatable bonds is 6. The Morgan fingerprint density at radius 3 is 2.60 bits per heavy atom. The van der Waals surface area contributed by atoms with Crippen LogP contribution < -0.4 is 14.8 Å². The fourth-order valence-corrected chi connectivity index (χ4v) is 4.82. The van der Waals surface area contributed by atoms with Crippen molar-refractivity contribution in [3.63, 3.8) is 0 Å². The molecule has 2 amide bonds. The summed E-state index contributed by atoms with van der Waals surface area (Å²) in [7, 11) is 1.53. The van der Waals surface area contributed by atoms with Gasteiger partial charge in [0.2, 0.25) is 0 Å². The van der Waals surface area contributed by atoms with Gasteiger partial charge in [-0.3, -0.25) is 9.59 Å². The number of carbonyl (C=O) groups excluding carboxylic acids is 2. The quantitative estimate of drug-likeness (QED) is 0.321. The monoisotopic (exact) mass is 590 g/mol. The lowest BCUT2D eigenvalue weighted by molar-refractivity contribution is -0.115. The van der Waals surface area contributed by atoms with E-state index in [0.29, 0.717) is 42.0 Å². The molecule has 1 heterocycles. The first-order valence-corrected chi connectivity index (χ1v) is 12.5. The first kappa shape index (κ1) is 25.3. The van der Waals surface area contributed by atoms with Gasteiger partial charge in [0.15, 0.2) is 16.7 Å². The van der Waals surface area contributed by atoms with Crippen molar-refractivity contribution in [3.8, 4) is 11.5 Å². The molecule has 0 aliphatic carbocycles. The second kappa shape index (κ2) is 11.3. The van der Waals surface area contributed by atoms with Crippen LogP contribution in [0.25, 0.3) is 6.08 Å². The molecule has 6 nitrogen and oxygen atoms in total. The Labute approximate surface area is 224 Å². The van der Waals surface area contributed by atoms with Crippen LogP contribution in [0.1, 0.15) is 21.5 Å². The van der Waals surface area contributed by atoms with Gasteiger partial charge < -0.3 is 14.8 Å². The molecule has 1 aliphatic heterocycles. The third kappa shape index (κ3) is 6.27. The lowest BCUT2D eigenvalue weighted by atomic mass is 10.2. The Morgan fingerprint density at radius 2 is 1.89 bits per heavy atom. The maximum absolute atomic E-state index is 12.5. The normalized spacial score (nSPS) is 15.4. The van der Waals surface area contributed by atoms with E-state index in [1.165, 1.54) is 7.11 Å². The van der Waals surface area contributed by atoms with Crippen LogP contribution in [0.15, 0.2) is 75.0 Å². The number of amides is 2. The Balaban J connectivity index is 1.52. The third-order valence-electron chi connectivity index (χ3n) is 4.82. The highest BCUT2D eigenvalue weighted by atomic mass is 79.9. The van der Waals surface area contributed by atoms with E-state index in [0.717, 1.165) is 17.3 Å². The van der Waals surface area contributed by atoms with Gasteiger partial charge >= 0.3 is 0 Å². The molecule has 0 radical (unpaired) electrons. The van der Waals surface area contributed by atoms with Gasteiger partial charge in [-0.1, -0.05) is 41.4 Å². The van der Waals surface area contributed by atoms with Gasteiger partial charge in [0, 0.05) is 21.2 Å². The number of methoxy groups -OCH3 is 1. The molecule has 0 aromatic heterocycles. The number of aliphatic imine (C=N–C) groups is 1. The van der Waals surface area contributed by atoms with Crippen LogP contribution in [0.3, 0.4) is 0 Å². The molecule has 35 heavy (non-hydrogen) atoms. The van der Waals surface area contributed by atoms with Crippen LogP contribution in [0.5, 0.6) is 11.5 Å². The third-order valence-corrected chi connectivity index (χ3v) is 6.94. The van der Waals surface area contributed by atoms with E-state index < -0.39 is 5.91 Å². The average Bonchev–Trinajstić information content (AvgIpc) is 3.17. The van der Waals surface area contributed by atoms with Gasteiger partial charge in [0.1, 0.15) is 6.61 Å². The lowest BCUT2D eigenvalue weighted by Crippen LogP contribution is -2.20. The SMILES string of the molecule is COc1cc(/C=C2\SC(=NC(=O)c3ccc(Cl)cc3)NC2=O)cc(Br)c1OCc1ccccc1Cl. The Bertz CT molecular complexity index is 1360. The summed E-state index contributed by atoms with van der Waals surface area (Å²) < 4.78 is 12.1. The fraction of sp³-hybridized carbons (Fsp3) is 0.0800. The molecular weight excluding hydrogens is 575 g/mol. The molecule has 1 fully saturated rings. The summed E-state index contributed by atoms with van der Waals surface area (Å²) in [6.07, 6.45) is 1.68. The molecule has 0 bridgehead atoms. The van der Waals surface area contributed by atoms with E-state index >= 15 is 0 Å². The zero-order valence-electron chi connectivity index (χ0n) is 18.2. The molecular formula is C25H17BrCl2N2O4S. The number of thioether (sulfide) groups is 1. The van der Waals surface area contributed by atoms with E-state index in [-0.39, 0.29) is 17.7 Å². The maximum Gasteiger partial charge on any atom is 0.279 e. The number of nitrogens with one attached hydrogen (secondary N) is 1. The van der Waals surface area contributed by atoms with E-state index in [9.17, 15) is 9.59 Å². The van der Waals surface area contributed by atoms with Crippen molar-refractivity contribution < 1.29 is 19.1 Å². The Morgan fingerprint density at radius 1 is 1.14 bits per heavy atom. The van der Waals surface area contributed by atoms with E-state index in [1.807, 2.05) is 18.2 Å². The van der Waals surface area contributed by atoms with Crippen molar-refractivity contribution in [2.75, 3.05) is 7.11 Å². The molecule has 0 spiro atoms. The molecule has 0 unspecified atom stereocenters. The summed E-state index contributed by atoms with van der Waals surface area (Å²) >= 11 is 16.7. The molecule has 178 valence electrons. The van der Waals surface area contributed by atoms with Crippen molar-refractivity contribution in [2.24, 2.45) is 4.99 Å². The first-order chi connectivity index (χ1) is 16.8. The summed E-state index contributed by atoms with van der Waals surface area (Å²) in [6, 6.07) is 17.3. The molecule has 10 heteroatoms. The van der Waals surface area contributed by atoms with Crippen molar-refractivity contribution in [2.45, 2.75) is 6.61 Å². The average molecular weight is 592 g/mol. The van der Waals surface area contributed by atoms with Gasteiger partial charge in [-0.2, -0.15) is 4.99 Å². The predicted molar refractivity (Wildman–Crippen MR) is 143 cm³/mol. The van der Waals surface area contributed by atoms with Gasteiger partial charge in [-0.25, -0.2) is 0 Å². The molecule has 1 N–H and O–H groups in total. The van der Waals surface area contributed by atoms with Gasteiger partial charge in [0.25, 0.3) is 11.8 Å². The second-order valence-corrected chi connectivity index (χ2v) is 9.94. The highest BCUT2D eigenvalue weighted by Crippen LogP contribution is 2.39. The highest BCUT2D eigenvalue weighted by Gasteiger charge is 2.25. The molecule has 0 atom stereocenters. The van der Waals surface area contributed by atoms with Crippen molar-refractivity contribution in [3.05, 3.63) is 96.8 Å². The topological polar surface area (TPSA) is 77.0 Å². The predicted octanol–water partition coefficient (Wildman–Crippen LogP) is 6.74. The number of amidine groups is 1. The van der Waals surface area contributed by atoms with Crippen LogP contribution >= 0.6 is 50.9 Å². The van der Waals surface area contributed by atoms with Crippen LogP contribution in [0.4, 0.5) is 0 Å². The lowest BCUT2D eigenvalue weighted by Gasteiger charge is -2.14. The summed E-state index contributed by atoms with van der Waals surface area (Å²) in [5.41, 5.74) is 1.91. The highest BCUT2D eigenvalue weighted by molar-refractivity contribution is 9.10. The maximum atomic E-state index is 12.5. The molecule has 0 saturated carbocycles. The van der Waals surface area contributed by atoms with E-state index in [1.54, 1.807) is 48.5 Å². The summed E-state index contributed by atoms with van der Waals surface area (Å²) in [4.78, 5) is 29.2. The van der Waals surface area contributed by atoms with Gasteiger partial charge in [-0.15, -0.1) is 0 Å². The number of nitrogens with zero attached hydrogens (tertiary/aromatic N) is 1. The number of hydrogen-bond acceptors (Lipinski definition) is 5. The van der Waals surface area contributed by atoms with Crippen LogP contribution in [-0.4, -0.2) is 24.1 Å². The minimum absolute atomic E-state index is 0.201. The number of carbonyl (C=O) groups is 2. The Kier molecular flexibility index (Phi) is 8.18. The smallest absolute Gasteiger partial charge is 0.279 e. The van der Waals surface area contributed by atoms with Crippen molar-refractivity contribution in [1.82, 2.24) is 5.32 Å². The largest absolute Gasteiger partial charge is 0.493 e. The fourth-order valence-electron chi connectivity index (χ4n) is 3.11. The van der Waals surface area contributed by atoms with E-state index in [2.05, 4.69) is 26.2 Å². The van der Waals surface area contributed by atoms with Gasteiger partial charge in [0.05, 0.1) is 16.5 Å². The molecule has 1 saturated heterocycles. The first-order valence-electron chi connectivity index (χ1n) is 10.2. The van der Waals surface area contributed by atoms with Crippen molar-refractivity contribution >= 4 is 74.0 Å². The standard InChI is InChI=1S/C25H17BrCl2N2O4S/c1-33-20-11-14(10-18(26)22(20)34-13-16-4-2-3-5-19(16)28)12-21-24(32)30-25(35-21)29-23(31)15-6-8-17(27)9-7-15/h2-12H,13H2,1H3,(H,29,30,31,32)/b21-12-. The number of ether oxygens (including phenoxy) is 2. The zero-order valence-corrected chi connectivity index (χ0v) is 22.1. The van der Waals surface area contributed by atoms with Crippen molar-refractivity contribution in [1.29, 1.82) is 0 Å². The number of benzene rings is 3. The number of hydrogen-bond donors (Lipinski definition) is 1.